The van der Waals surface area contributed by atoms with E-state index in [4.69, 9.17) is 5.73 Å². The van der Waals surface area contributed by atoms with E-state index in [1.54, 1.807) is 0 Å². The molecule has 0 saturated carbocycles. The van der Waals surface area contributed by atoms with Crippen molar-refractivity contribution in [3.8, 4) is 0 Å². The lowest BCUT2D eigenvalue weighted by atomic mass is 10.1. The van der Waals surface area contributed by atoms with Crippen LogP contribution in [0, 0.1) is 0 Å². The van der Waals surface area contributed by atoms with Crippen LogP contribution >= 0.6 is 0 Å². The maximum Gasteiger partial charge on any atom is 0.253 e. The molecule has 2 aliphatic rings. The number of fused-ring (bicyclic) bond motifs is 1. The van der Waals surface area contributed by atoms with Crippen molar-refractivity contribution >= 4 is 5.91 Å². The highest BCUT2D eigenvalue weighted by molar-refractivity contribution is 5.94. The molecule has 1 amide bonds. The van der Waals surface area contributed by atoms with E-state index in [2.05, 4.69) is 4.90 Å². The van der Waals surface area contributed by atoms with Crippen molar-refractivity contribution in [2.24, 2.45) is 5.73 Å². The van der Waals surface area contributed by atoms with E-state index in [0.717, 1.165) is 37.2 Å². The first kappa shape index (κ1) is 13.6. The summed E-state index contributed by atoms with van der Waals surface area (Å²) in [6.45, 7) is 4.60. The number of hydrogen-bond acceptors (Lipinski definition) is 3. The van der Waals surface area contributed by atoms with Gasteiger partial charge in [-0.2, -0.15) is 0 Å². The van der Waals surface area contributed by atoms with E-state index in [-0.39, 0.29) is 5.91 Å². The zero-order valence-corrected chi connectivity index (χ0v) is 11.9. The van der Waals surface area contributed by atoms with Crippen molar-refractivity contribution in [1.82, 2.24) is 9.80 Å². The van der Waals surface area contributed by atoms with Crippen LogP contribution in [0.25, 0.3) is 0 Å². The summed E-state index contributed by atoms with van der Waals surface area (Å²) >= 11 is 0. The molecule has 0 aromatic heterocycles. The van der Waals surface area contributed by atoms with Crippen LogP contribution in [0.2, 0.25) is 0 Å². The Balaban J connectivity index is 1.70. The molecule has 2 aliphatic heterocycles. The lowest BCUT2D eigenvalue weighted by molar-refractivity contribution is 0.0571. The van der Waals surface area contributed by atoms with E-state index in [0.29, 0.717) is 12.6 Å². The minimum absolute atomic E-state index is 0.176. The second-order valence-electron chi connectivity index (χ2n) is 5.82. The summed E-state index contributed by atoms with van der Waals surface area (Å²) in [5, 5.41) is 0. The number of nitrogens with two attached hydrogens (primary N) is 1. The second kappa shape index (κ2) is 5.94. The summed E-state index contributed by atoms with van der Waals surface area (Å²) < 4.78 is 0. The molecular weight excluding hydrogens is 250 g/mol. The molecule has 1 aromatic carbocycles. The maximum absolute atomic E-state index is 12.6. The van der Waals surface area contributed by atoms with Crippen LogP contribution in [0.3, 0.4) is 0 Å². The molecular formula is C16H23N3O. The van der Waals surface area contributed by atoms with E-state index in [9.17, 15) is 4.79 Å². The molecule has 108 valence electrons. The lowest BCUT2D eigenvalue weighted by Crippen LogP contribution is -2.52. The quantitative estimate of drug-likeness (QED) is 0.897. The van der Waals surface area contributed by atoms with Gasteiger partial charge in [0.25, 0.3) is 5.91 Å². The Kier molecular flexibility index (Phi) is 4.03. The molecule has 20 heavy (non-hydrogen) atoms. The first-order valence-corrected chi connectivity index (χ1v) is 7.60. The van der Waals surface area contributed by atoms with E-state index in [1.165, 1.54) is 19.4 Å². The van der Waals surface area contributed by atoms with E-state index >= 15 is 0 Å². The number of nitrogens with zero attached hydrogens (tertiary/aromatic N) is 2. The van der Waals surface area contributed by atoms with Crippen LogP contribution in [0.5, 0.6) is 0 Å². The average Bonchev–Trinajstić information content (AvgIpc) is 2.94. The third-order valence-electron chi connectivity index (χ3n) is 4.48. The Labute approximate surface area is 120 Å². The molecule has 0 spiro atoms. The summed E-state index contributed by atoms with van der Waals surface area (Å²) in [5.41, 5.74) is 7.55. The van der Waals surface area contributed by atoms with Gasteiger partial charge in [0.2, 0.25) is 0 Å². The highest BCUT2D eigenvalue weighted by atomic mass is 16.2. The van der Waals surface area contributed by atoms with Crippen molar-refractivity contribution in [2.75, 3.05) is 32.7 Å². The Hall–Kier alpha value is -1.39. The molecule has 4 heteroatoms. The van der Waals surface area contributed by atoms with Crippen molar-refractivity contribution < 1.29 is 4.79 Å². The molecule has 1 unspecified atom stereocenters. The van der Waals surface area contributed by atoms with E-state index in [1.807, 2.05) is 29.2 Å². The number of amides is 1. The van der Waals surface area contributed by atoms with Crippen LogP contribution in [0.4, 0.5) is 0 Å². The van der Waals surface area contributed by atoms with Gasteiger partial charge in [-0.3, -0.25) is 9.69 Å². The second-order valence-corrected chi connectivity index (χ2v) is 5.82. The van der Waals surface area contributed by atoms with Crippen molar-refractivity contribution in [2.45, 2.75) is 25.3 Å². The van der Waals surface area contributed by atoms with Crippen molar-refractivity contribution in [1.29, 1.82) is 0 Å². The first-order chi connectivity index (χ1) is 9.78. The van der Waals surface area contributed by atoms with Crippen LogP contribution in [0.1, 0.15) is 28.8 Å². The molecule has 2 fully saturated rings. The highest BCUT2D eigenvalue weighted by Crippen LogP contribution is 2.22. The third-order valence-corrected chi connectivity index (χ3v) is 4.48. The Morgan fingerprint density at radius 2 is 2.20 bits per heavy atom. The number of rotatable bonds is 3. The highest BCUT2D eigenvalue weighted by Gasteiger charge is 2.32. The van der Waals surface area contributed by atoms with Gasteiger partial charge < -0.3 is 10.6 Å². The van der Waals surface area contributed by atoms with Gasteiger partial charge in [-0.05, 0) is 50.0 Å². The first-order valence-electron chi connectivity index (χ1n) is 7.60. The monoisotopic (exact) mass is 273 g/mol. The van der Waals surface area contributed by atoms with Gasteiger partial charge in [0, 0.05) is 31.2 Å². The Morgan fingerprint density at radius 3 is 3.05 bits per heavy atom. The average molecular weight is 273 g/mol. The number of piperazine rings is 1. The van der Waals surface area contributed by atoms with E-state index < -0.39 is 0 Å². The fourth-order valence-corrected chi connectivity index (χ4v) is 3.38. The van der Waals surface area contributed by atoms with Gasteiger partial charge in [-0.15, -0.1) is 0 Å². The Morgan fingerprint density at radius 1 is 1.30 bits per heavy atom. The molecule has 0 radical (unpaired) electrons. The predicted octanol–water partition coefficient (Wildman–Crippen LogP) is 1.11. The minimum atomic E-state index is 0.176. The van der Waals surface area contributed by atoms with Crippen LogP contribution in [0.15, 0.2) is 24.3 Å². The predicted molar refractivity (Wildman–Crippen MR) is 79.7 cm³/mol. The number of carbonyl (C=O) groups is 1. The largest absolute Gasteiger partial charge is 0.336 e. The fraction of sp³-hybridized carbons (Fsp3) is 0.562. The van der Waals surface area contributed by atoms with Gasteiger partial charge in [0.15, 0.2) is 0 Å². The lowest BCUT2D eigenvalue weighted by Gasteiger charge is -2.37. The van der Waals surface area contributed by atoms with Gasteiger partial charge in [0.1, 0.15) is 0 Å². The fourth-order valence-electron chi connectivity index (χ4n) is 3.38. The van der Waals surface area contributed by atoms with Crippen LogP contribution in [-0.2, 0) is 6.42 Å². The molecule has 3 rings (SSSR count). The minimum Gasteiger partial charge on any atom is -0.336 e. The topological polar surface area (TPSA) is 49.6 Å². The van der Waals surface area contributed by atoms with Crippen LogP contribution < -0.4 is 5.73 Å². The third kappa shape index (κ3) is 2.72. The molecule has 4 nitrogen and oxygen atoms in total. The van der Waals surface area contributed by atoms with Crippen LogP contribution in [-0.4, -0.2) is 54.5 Å². The Bertz CT molecular complexity index is 488. The zero-order chi connectivity index (χ0) is 13.9. The summed E-state index contributed by atoms with van der Waals surface area (Å²) in [6, 6.07) is 8.50. The van der Waals surface area contributed by atoms with Gasteiger partial charge in [-0.25, -0.2) is 0 Å². The number of hydrogen-bond donors (Lipinski definition) is 1. The summed E-state index contributed by atoms with van der Waals surface area (Å²) in [6.07, 6.45) is 3.34. The summed E-state index contributed by atoms with van der Waals surface area (Å²) in [4.78, 5) is 17.2. The SMILES string of the molecule is NCCc1cccc(C(=O)N2CCN3CCCC3C2)c1. The molecule has 2 N–H and O–H groups in total. The molecule has 1 atom stereocenters. The maximum atomic E-state index is 12.6. The van der Waals surface area contributed by atoms with Gasteiger partial charge in [-0.1, -0.05) is 12.1 Å². The van der Waals surface area contributed by atoms with Crippen molar-refractivity contribution in [3.63, 3.8) is 0 Å². The van der Waals surface area contributed by atoms with Gasteiger partial charge in [0.05, 0.1) is 0 Å². The zero-order valence-electron chi connectivity index (χ0n) is 11.9. The van der Waals surface area contributed by atoms with Gasteiger partial charge >= 0.3 is 0 Å². The molecule has 2 saturated heterocycles. The summed E-state index contributed by atoms with van der Waals surface area (Å²) in [5.74, 6) is 0.176. The number of benzene rings is 1. The molecule has 2 heterocycles. The number of carbonyl (C=O) groups excluding carboxylic acids is 1. The molecule has 0 bridgehead atoms. The molecule has 1 aromatic rings. The van der Waals surface area contributed by atoms with Crippen molar-refractivity contribution in [3.05, 3.63) is 35.4 Å². The normalized spacial score (nSPS) is 22.9. The standard InChI is InChI=1S/C16H23N3O/c17-7-6-13-3-1-4-14(11-13)16(20)19-10-9-18-8-2-5-15(18)12-19/h1,3-4,11,15H,2,5-10,12,17H2. The smallest absolute Gasteiger partial charge is 0.253 e. The molecule has 0 aliphatic carbocycles. The summed E-state index contributed by atoms with van der Waals surface area (Å²) in [7, 11) is 0.